The fraction of sp³-hybridized carbons (Fsp3) is 0.400. The van der Waals surface area contributed by atoms with Gasteiger partial charge in [-0.15, -0.1) is 10.1 Å². The topological polar surface area (TPSA) is 113 Å². The molecule has 1 aliphatic carbocycles. The molecular formula is C20H26N4O5. The lowest BCUT2D eigenvalue weighted by molar-refractivity contribution is -0.742. The first-order valence-corrected chi connectivity index (χ1v) is 9.56. The Morgan fingerprint density at radius 3 is 2.10 bits per heavy atom. The zero-order valence-corrected chi connectivity index (χ0v) is 17.1. The summed E-state index contributed by atoms with van der Waals surface area (Å²) in [5.74, 6) is 0.540. The second kappa shape index (κ2) is 9.72. The number of fused-ring (bicyclic) bond motifs is 2. The average Bonchev–Trinajstić information content (AvgIpc) is 2.68. The molecule has 1 heterocycles. The fourth-order valence-corrected chi connectivity index (χ4v) is 3.23. The Balaban J connectivity index is 0.000000687. The van der Waals surface area contributed by atoms with Crippen LogP contribution in [0.2, 0.25) is 0 Å². The summed E-state index contributed by atoms with van der Waals surface area (Å²) in [6, 6.07) is 9.51. The molecular weight excluding hydrogens is 376 g/mol. The number of hydrogen-bond donors (Lipinski definition) is 1. The smallest absolute Gasteiger partial charge is 0.291 e. The van der Waals surface area contributed by atoms with E-state index in [2.05, 4.69) is 42.5 Å². The van der Waals surface area contributed by atoms with Crippen LogP contribution >= 0.6 is 0 Å². The van der Waals surface area contributed by atoms with Crippen LogP contribution in [-0.4, -0.2) is 41.5 Å². The Morgan fingerprint density at radius 1 is 1.00 bits per heavy atom. The molecule has 0 bridgehead atoms. The van der Waals surface area contributed by atoms with Crippen LogP contribution in [0, 0.1) is 10.1 Å². The van der Waals surface area contributed by atoms with Gasteiger partial charge in [-0.1, -0.05) is 0 Å². The van der Waals surface area contributed by atoms with Crippen LogP contribution in [0.3, 0.4) is 0 Å². The first-order chi connectivity index (χ1) is 13.8. The lowest BCUT2D eigenvalue weighted by Crippen LogP contribution is -2.24. The summed E-state index contributed by atoms with van der Waals surface area (Å²) < 4.78 is 6.07. The molecule has 0 aromatic heterocycles. The van der Waals surface area contributed by atoms with Gasteiger partial charge in [-0.3, -0.25) is 4.79 Å². The molecule has 1 N–H and O–H groups in total. The first-order valence-electron chi connectivity index (χ1n) is 9.56. The van der Waals surface area contributed by atoms with E-state index in [9.17, 15) is 4.79 Å². The van der Waals surface area contributed by atoms with Crippen LogP contribution in [0.25, 0.3) is 22.6 Å². The van der Waals surface area contributed by atoms with Crippen molar-refractivity contribution in [3.63, 3.8) is 0 Å². The molecule has 9 heteroatoms. The predicted octanol–water partition coefficient (Wildman–Crippen LogP) is 3.64. The van der Waals surface area contributed by atoms with Crippen LogP contribution in [0.5, 0.6) is 0 Å². The molecule has 3 rings (SSSR count). The van der Waals surface area contributed by atoms with Crippen molar-refractivity contribution in [1.29, 1.82) is 0 Å². The monoisotopic (exact) mass is 402 g/mol. The van der Waals surface area contributed by atoms with Gasteiger partial charge in [0.2, 0.25) is 5.43 Å². The number of nitrogens with zero attached hydrogens (tertiary/aromatic N) is 4. The summed E-state index contributed by atoms with van der Waals surface area (Å²) in [4.78, 5) is 29.8. The van der Waals surface area contributed by atoms with Crippen LogP contribution in [0.15, 0.2) is 39.5 Å². The molecule has 0 spiro atoms. The van der Waals surface area contributed by atoms with Gasteiger partial charge in [0.1, 0.15) is 5.52 Å². The summed E-state index contributed by atoms with van der Waals surface area (Å²) in [7, 11) is 0. The molecule has 1 aromatic rings. The molecule has 29 heavy (non-hydrogen) atoms. The minimum absolute atomic E-state index is 0.0992. The van der Waals surface area contributed by atoms with Crippen molar-refractivity contribution < 1.29 is 14.7 Å². The second-order valence-electron chi connectivity index (χ2n) is 6.24. The highest BCUT2D eigenvalue weighted by molar-refractivity contribution is 5.80. The minimum atomic E-state index is -1.50. The number of rotatable bonds is 6. The summed E-state index contributed by atoms with van der Waals surface area (Å²) in [6.45, 7) is 11.9. The average molecular weight is 402 g/mol. The van der Waals surface area contributed by atoms with E-state index in [-0.39, 0.29) is 5.43 Å². The molecule has 156 valence electrons. The normalized spacial score (nSPS) is 10.5. The Hall–Kier alpha value is -3.36. The van der Waals surface area contributed by atoms with Crippen molar-refractivity contribution in [1.82, 2.24) is 4.98 Å². The standard InChI is InChI=1S/C20H25N3O2.HNO3/c1-5-22(6-2)14-9-10-16-18(12-14)25-19-13-15(23(7-3)8-4)11-17(24)20(19)21-16;2-1(3)4/h9-13H,5-8H2,1-4H3;(H,2,3,4). The van der Waals surface area contributed by atoms with Crippen LogP contribution < -0.4 is 15.2 Å². The molecule has 0 saturated heterocycles. The summed E-state index contributed by atoms with van der Waals surface area (Å²) >= 11 is 0. The summed E-state index contributed by atoms with van der Waals surface area (Å²) in [5, 5.41) is 13.6. The molecule has 0 saturated carbocycles. The maximum absolute atomic E-state index is 12.5. The lowest BCUT2D eigenvalue weighted by atomic mass is 10.1. The van der Waals surface area contributed by atoms with Gasteiger partial charge in [0, 0.05) is 55.8 Å². The first kappa shape index (κ1) is 21.9. The van der Waals surface area contributed by atoms with Crippen molar-refractivity contribution in [3.8, 4) is 11.5 Å². The molecule has 0 radical (unpaired) electrons. The van der Waals surface area contributed by atoms with Crippen LogP contribution in [0.4, 0.5) is 11.4 Å². The van der Waals surface area contributed by atoms with Gasteiger partial charge in [-0.2, -0.15) is 0 Å². The van der Waals surface area contributed by atoms with E-state index < -0.39 is 5.09 Å². The van der Waals surface area contributed by atoms with Crippen molar-refractivity contribution in [2.24, 2.45) is 0 Å². The highest BCUT2D eigenvalue weighted by Crippen LogP contribution is 2.28. The van der Waals surface area contributed by atoms with Crippen molar-refractivity contribution in [3.05, 3.63) is 50.7 Å². The highest BCUT2D eigenvalue weighted by atomic mass is 16.9. The van der Waals surface area contributed by atoms with Crippen molar-refractivity contribution >= 4 is 22.5 Å². The van der Waals surface area contributed by atoms with Crippen LogP contribution in [-0.2, 0) is 0 Å². The van der Waals surface area contributed by atoms with Crippen molar-refractivity contribution in [2.75, 3.05) is 36.0 Å². The number of aromatic nitrogens is 1. The number of benzene rings is 2. The molecule has 9 nitrogen and oxygen atoms in total. The van der Waals surface area contributed by atoms with Crippen molar-refractivity contribution in [2.45, 2.75) is 27.7 Å². The molecule has 0 atom stereocenters. The molecule has 0 unspecified atom stereocenters. The van der Waals surface area contributed by atoms with Gasteiger partial charge >= 0.3 is 0 Å². The molecule has 2 aliphatic rings. The van der Waals surface area contributed by atoms with Gasteiger partial charge in [-0.05, 0) is 39.8 Å². The van der Waals surface area contributed by atoms with Gasteiger partial charge < -0.3 is 19.4 Å². The SMILES string of the molecule is CCN(CC)c1cc2oc3cc(N(CC)CC)ccc3nc-2c(=O)c1.O=[N+]([O-])O. The molecule has 0 amide bonds. The van der Waals surface area contributed by atoms with Gasteiger partial charge in [0.25, 0.3) is 5.09 Å². The quantitative estimate of drug-likeness (QED) is 0.378. The van der Waals surface area contributed by atoms with E-state index in [1.807, 2.05) is 24.3 Å². The Kier molecular flexibility index (Phi) is 7.35. The van der Waals surface area contributed by atoms with Gasteiger partial charge in [0.15, 0.2) is 17.0 Å². The van der Waals surface area contributed by atoms with E-state index >= 15 is 0 Å². The van der Waals surface area contributed by atoms with E-state index in [1.54, 1.807) is 6.07 Å². The minimum Gasteiger partial charge on any atom is -0.453 e. The third-order valence-electron chi connectivity index (χ3n) is 4.68. The zero-order chi connectivity index (χ0) is 21.6. The third-order valence-corrected chi connectivity index (χ3v) is 4.68. The molecule has 1 aliphatic heterocycles. The number of anilines is 2. The Labute approximate surface area is 168 Å². The van der Waals surface area contributed by atoms with E-state index in [4.69, 9.17) is 19.7 Å². The predicted molar refractivity (Wildman–Crippen MR) is 113 cm³/mol. The maximum Gasteiger partial charge on any atom is 0.291 e. The lowest BCUT2D eigenvalue weighted by Gasteiger charge is -2.22. The highest BCUT2D eigenvalue weighted by Gasteiger charge is 2.17. The van der Waals surface area contributed by atoms with E-state index in [0.717, 1.165) is 37.6 Å². The van der Waals surface area contributed by atoms with E-state index in [0.29, 0.717) is 22.6 Å². The number of hydrogen-bond acceptors (Lipinski definition) is 7. The van der Waals surface area contributed by atoms with Gasteiger partial charge in [-0.25, -0.2) is 4.98 Å². The van der Waals surface area contributed by atoms with Gasteiger partial charge in [0.05, 0.1) is 0 Å². The fourth-order valence-electron chi connectivity index (χ4n) is 3.23. The summed E-state index contributed by atoms with van der Waals surface area (Å²) in [5.41, 5.74) is 3.68. The Bertz CT molecular complexity index is 992. The summed E-state index contributed by atoms with van der Waals surface area (Å²) in [6.07, 6.45) is 0. The zero-order valence-electron chi connectivity index (χ0n) is 17.1. The van der Waals surface area contributed by atoms with E-state index in [1.165, 1.54) is 0 Å². The third kappa shape index (κ3) is 5.13. The molecule has 0 fully saturated rings. The maximum atomic E-state index is 12.5. The largest absolute Gasteiger partial charge is 0.453 e. The van der Waals surface area contributed by atoms with Crippen LogP contribution in [0.1, 0.15) is 27.7 Å². The molecule has 1 aromatic carbocycles. The Morgan fingerprint density at radius 2 is 1.55 bits per heavy atom. The second-order valence-corrected chi connectivity index (χ2v) is 6.24.